The Balaban J connectivity index is 1.53. The molecule has 1 unspecified atom stereocenters. The summed E-state index contributed by atoms with van der Waals surface area (Å²) >= 11 is 0. The molecule has 116 valence electrons. The van der Waals surface area contributed by atoms with Crippen LogP contribution in [-0.4, -0.2) is 37.1 Å². The molecule has 4 fully saturated rings. The van der Waals surface area contributed by atoms with Crippen LogP contribution in [0.5, 0.6) is 0 Å². The standard InChI is InChI=1S/C18H34N2/c1-4-20(5-2)7-6-19-14(3)18-11-15-8-16(12-18)10-17(9-15)13-18/h14-17,19H,4-13H2,1-3H3. The smallest absolute Gasteiger partial charge is 0.0107 e. The Bertz CT molecular complexity index is 286. The van der Waals surface area contributed by atoms with Gasteiger partial charge in [0, 0.05) is 19.1 Å². The molecule has 0 aromatic rings. The Hall–Kier alpha value is -0.0800. The molecule has 0 radical (unpaired) electrons. The lowest BCUT2D eigenvalue weighted by molar-refractivity contribution is -0.0704. The molecule has 1 atom stereocenters. The van der Waals surface area contributed by atoms with Crippen molar-refractivity contribution in [1.82, 2.24) is 10.2 Å². The van der Waals surface area contributed by atoms with Gasteiger partial charge in [-0.3, -0.25) is 0 Å². The van der Waals surface area contributed by atoms with Crippen LogP contribution in [0.15, 0.2) is 0 Å². The predicted octanol–water partition coefficient (Wildman–Crippen LogP) is 3.52. The highest BCUT2D eigenvalue weighted by Gasteiger charge is 2.52. The van der Waals surface area contributed by atoms with E-state index in [2.05, 4.69) is 31.0 Å². The summed E-state index contributed by atoms with van der Waals surface area (Å²) in [5, 5.41) is 3.90. The highest BCUT2D eigenvalue weighted by molar-refractivity contribution is 5.05. The van der Waals surface area contributed by atoms with Gasteiger partial charge in [-0.25, -0.2) is 0 Å². The number of nitrogens with one attached hydrogen (secondary N) is 1. The highest BCUT2D eigenvalue weighted by atomic mass is 15.1. The molecule has 4 bridgehead atoms. The van der Waals surface area contributed by atoms with E-state index in [0.717, 1.165) is 23.8 Å². The summed E-state index contributed by atoms with van der Waals surface area (Å²) in [7, 11) is 0. The third-order valence-corrected chi connectivity index (χ3v) is 6.78. The summed E-state index contributed by atoms with van der Waals surface area (Å²) in [6, 6.07) is 0.728. The van der Waals surface area contributed by atoms with Crippen molar-refractivity contribution in [2.75, 3.05) is 26.2 Å². The first kappa shape index (κ1) is 14.8. The molecule has 0 spiro atoms. The fraction of sp³-hybridized carbons (Fsp3) is 1.00. The van der Waals surface area contributed by atoms with Crippen molar-refractivity contribution in [2.45, 2.75) is 65.3 Å². The molecule has 4 aliphatic rings. The van der Waals surface area contributed by atoms with Crippen LogP contribution in [0.4, 0.5) is 0 Å². The molecule has 0 amide bonds. The third-order valence-electron chi connectivity index (χ3n) is 6.78. The van der Waals surface area contributed by atoms with E-state index in [9.17, 15) is 0 Å². The van der Waals surface area contributed by atoms with Gasteiger partial charge in [-0.15, -0.1) is 0 Å². The fourth-order valence-corrected chi connectivity index (χ4v) is 5.90. The molecular formula is C18H34N2. The van der Waals surface area contributed by atoms with Gasteiger partial charge in [0.1, 0.15) is 0 Å². The van der Waals surface area contributed by atoms with Crippen LogP contribution >= 0.6 is 0 Å². The van der Waals surface area contributed by atoms with E-state index < -0.39 is 0 Å². The zero-order chi connectivity index (χ0) is 14.2. The van der Waals surface area contributed by atoms with Crippen LogP contribution in [-0.2, 0) is 0 Å². The summed E-state index contributed by atoms with van der Waals surface area (Å²) in [5.41, 5.74) is 0.665. The lowest BCUT2D eigenvalue weighted by Gasteiger charge is -2.59. The van der Waals surface area contributed by atoms with Gasteiger partial charge in [0.15, 0.2) is 0 Å². The second-order valence-corrected chi connectivity index (χ2v) is 7.98. The van der Waals surface area contributed by atoms with E-state index in [0.29, 0.717) is 5.41 Å². The highest BCUT2D eigenvalue weighted by Crippen LogP contribution is 2.61. The Morgan fingerprint density at radius 1 is 1.00 bits per heavy atom. The van der Waals surface area contributed by atoms with Crippen molar-refractivity contribution >= 4 is 0 Å². The first-order chi connectivity index (χ1) is 9.65. The van der Waals surface area contributed by atoms with Crippen molar-refractivity contribution in [1.29, 1.82) is 0 Å². The first-order valence-electron chi connectivity index (χ1n) is 9.11. The lowest BCUT2D eigenvalue weighted by Crippen LogP contribution is -2.55. The average Bonchev–Trinajstić information content (AvgIpc) is 2.42. The van der Waals surface area contributed by atoms with E-state index in [4.69, 9.17) is 0 Å². The summed E-state index contributed by atoms with van der Waals surface area (Å²) < 4.78 is 0. The van der Waals surface area contributed by atoms with Gasteiger partial charge in [-0.05, 0) is 81.7 Å². The van der Waals surface area contributed by atoms with Crippen molar-refractivity contribution in [3.8, 4) is 0 Å². The molecule has 1 N–H and O–H groups in total. The molecule has 4 rings (SSSR count). The monoisotopic (exact) mass is 278 g/mol. The molecule has 4 saturated carbocycles. The molecule has 0 aromatic heterocycles. The van der Waals surface area contributed by atoms with Crippen molar-refractivity contribution in [3.05, 3.63) is 0 Å². The Labute approximate surface area is 125 Å². The molecule has 0 saturated heterocycles. The summed E-state index contributed by atoms with van der Waals surface area (Å²) in [6.07, 6.45) is 9.26. The van der Waals surface area contributed by atoms with Gasteiger partial charge in [0.2, 0.25) is 0 Å². The Morgan fingerprint density at radius 3 is 1.95 bits per heavy atom. The van der Waals surface area contributed by atoms with Gasteiger partial charge in [-0.1, -0.05) is 13.8 Å². The first-order valence-corrected chi connectivity index (χ1v) is 9.11. The molecule has 0 aromatic carbocycles. The SMILES string of the molecule is CCN(CC)CCNC(C)C12CC3CC(CC(C3)C1)C2. The third kappa shape index (κ3) is 2.78. The molecule has 20 heavy (non-hydrogen) atoms. The van der Waals surface area contributed by atoms with Crippen LogP contribution < -0.4 is 5.32 Å². The number of rotatable bonds is 7. The summed E-state index contributed by atoms with van der Waals surface area (Å²) in [5.74, 6) is 3.23. The van der Waals surface area contributed by atoms with E-state index in [1.165, 1.54) is 45.4 Å². The number of hydrogen-bond donors (Lipinski definition) is 1. The molecule has 0 heterocycles. The van der Waals surface area contributed by atoms with E-state index in [1.54, 1.807) is 19.3 Å². The van der Waals surface area contributed by atoms with Gasteiger partial charge in [-0.2, -0.15) is 0 Å². The Kier molecular flexibility index (Phi) is 4.42. The van der Waals surface area contributed by atoms with Crippen LogP contribution in [0, 0.1) is 23.2 Å². The average molecular weight is 278 g/mol. The summed E-state index contributed by atoms with van der Waals surface area (Å²) in [6.45, 7) is 11.8. The molecule has 4 aliphatic carbocycles. The largest absolute Gasteiger partial charge is 0.312 e. The second-order valence-electron chi connectivity index (χ2n) is 7.98. The molecule has 0 aliphatic heterocycles. The van der Waals surface area contributed by atoms with E-state index in [-0.39, 0.29) is 0 Å². The maximum Gasteiger partial charge on any atom is 0.0107 e. The van der Waals surface area contributed by atoms with E-state index in [1.807, 2.05) is 0 Å². The van der Waals surface area contributed by atoms with Crippen LogP contribution in [0.1, 0.15) is 59.3 Å². The van der Waals surface area contributed by atoms with Gasteiger partial charge in [0.05, 0.1) is 0 Å². The minimum atomic E-state index is 0.665. The minimum absolute atomic E-state index is 0.665. The predicted molar refractivity (Wildman–Crippen MR) is 85.9 cm³/mol. The number of hydrogen-bond acceptors (Lipinski definition) is 2. The van der Waals surface area contributed by atoms with Crippen molar-refractivity contribution in [3.63, 3.8) is 0 Å². The molecule has 2 nitrogen and oxygen atoms in total. The fourth-order valence-electron chi connectivity index (χ4n) is 5.90. The Morgan fingerprint density at radius 2 is 1.50 bits per heavy atom. The van der Waals surface area contributed by atoms with Crippen LogP contribution in [0.25, 0.3) is 0 Å². The molecule has 2 heteroatoms. The van der Waals surface area contributed by atoms with Gasteiger partial charge < -0.3 is 10.2 Å². The van der Waals surface area contributed by atoms with Gasteiger partial charge >= 0.3 is 0 Å². The van der Waals surface area contributed by atoms with Crippen molar-refractivity contribution < 1.29 is 0 Å². The zero-order valence-corrected chi connectivity index (χ0v) is 13.8. The van der Waals surface area contributed by atoms with Gasteiger partial charge in [0.25, 0.3) is 0 Å². The topological polar surface area (TPSA) is 15.3 Å². The van der Waals surface area contributed by atoms with Crippen molar-refractivity contribution in [2.24, 2.45) is 23.2 Å². The van der Waals surface area contributed by atoms with Crippen LogP contribution in [0.3, 0.4) is 0 Å². The minimum Gasteiger partial charge on any atom is -0.312 e. The lowest BCUT2D eigenvalue weighted by atomic mass is 9.48. The number of nitrogens with zero attached hydrogens (tertiary/aromatic N) is 1. The van der Waals surface area contributed by atoms with E-state index >= 15 is 0 Å². The maximum absolute atomic E-state index is 3.90. The normalized spacial score (nSPS) is 40.5. The maximum atomic E-state index is 3.90. The zero-order valence-electron chi connectivity index (χ0n) is 13.8. The number of likely N-dealkylation sites (N-methyl/N-ethyl adjacent to an activating group) is 1. The quantitative estimate of drug-likeness (QED) is 0.766. The second kappa shape index (κ2) is 5.96. The van der Waals surface area contributed by atoms with Crippen LogP contribution in [0.2, 0.25) is 0 Å². The molecular weight excluding hydrogens is 244 g/mol. The summed E-state index contributed by atoms with van der Waals surface area (Å²) in [4.78, 5) is 2.53.